The molecule has 0 aliphatic carbocycles. The van der Waals surface area contributed by atoms with E-state index in [0.29, 0.717) is 0 Å². The first-order valence-electron chi connectivity index (χ1n) is 21.6. The Hall–Kier alpha value is -6.93. The Morgan fingerprint density at radius 1 is 0.408 bits per heavy atom. The Bertz CT molecular complexity index is 2140. The van der Waals surface area contributed by atoms with Crippen LogP contribution in [0.5, 0.6) is 0 Å². The van der Waals surface area contributed by atoms with Crippen LogP contribution in [0.1, 0.15) is 107 Å². The molecule has 2 fully saturated rings. The quantitative estimate of drug-likeness (QED) is 0.0396. The first kappa shape index (κ1) is 60.2. The fourth-order valence-electron chi connectivity index (χ4n) is 6.60. The van der Waals surface area contributed by atoms with Gasteiger partial charge in [0.2, 0.25) is 18.4 Å². The summed E-state index contributed by atoms with van der Waals surface area (Å²) in [5.41, 5.74) is 0. The van der Waals surface area contributed by atoms with E-state index in [0.717, 1.165) is 55.4 Å². The molecular weight excluding hydrogens is 956 g/mol. The average Bonchev–Trinajstić information content (AvgIpc) is 3.45. The fourth-order valence-corrected chi connectivity index (χ4v) is 6.60. The number of allylic oxidation sites excluding steroid dienone is 1. The SMILES string of the molecule is C=C(CC(C)=O)OC1C(COC(=O)CC(C)=O)C(OC(=O)CC(C)=O)OC1(COC(=O)CC(C)=O)OC1OC(COC(=O)CC(C)=O)C(OC(=O)CC(C)=O)C(OC(=O)CC(C)=O)C1OC(=O)CC(C)=O. The van der Waals surface area contributed by atoms with Crippen molar-refractivity contribution < 1.29 is 124 Å². The van der Waals surface area contributed by atoms with E-state index in [1.165, 1.54) is 0 Å². The molecule has 2 heterocycles. The highest BCUT2D eigenvalue weighted by Gasteiger charge is 2.65. The molecule has 2 saturated heterocycles. The van der Waals surface area contributed by atoms with Gasteiger partial charge in [-0.3, -0.25) is 71.9 Å². The van der Waals surface area contributed by atoms with Gasteiger partial charge < -0.3 is 52.1 Å². The molecule has 2 aliphatic rings. The van der Waals surface area contributed by atoms with Crippen LogP contribution in [0.4, 0.5) is 0 Å². The highest BCUT2D eigenvalue weighted by molar-refractivity contribution is 5.97. The molecule has 0 spiro atoms. The predicted octanol–water partition coefficient (Wildman–Crippen LogP) is 0.0366. The molecule has 26 heteroatoms. The van der Waals surface area contributed by atoms with Crippen molar-refractivity contribution in [2.75, 3.05) is 19.8 Å². The maximum Gasteiger partial charge on any atom is 0.315 e. The molecule has 0 N–H and O–H groups in total. The molecule has 9 unspecified atom stereocenters. The van der Waals surface area contributed by atoms with Crippen molar-refractivity contribution >= 4 is 88.1 Å². The third-order valence-electron chi connectivity index (χ3n) is 9.22. The summed E-state index contributed by atoms with van der Waals surface area (Å²) in [5.74, 6) is -20.0. The summed E-state index contributed by atoms with van der Waals surface area (Å²) >= 11 is 0. The monoisotopic (exact) mass is 1010 g/mol. The zero-order valence-electron chi connectivity index (χ0n) is 40.2. The van der Waals surface area contributed by atoms with Crippen LogP contribution in [0.2, 0.25) is 0 Å². The molecule has 26 nitrogen and oxygen atoms in total. The van der Waals surface area contributed by atoms with Gasteiger partial charge >= 0.3 is 41.8 Å². The number of Topliss-reactive ketones (excluding diaryl/α,β-unsaturated/α-hetero) is 8. The number of rotatable bonds is 30. The fraction of sp³-hybridized carbons (Fsp3) is 0.622. The van der Waals surface area contributed by atoms with E-state index in [2.05, 4.69) is 6.58 Å². The van der Waals surface area contributed by atoms with Crippen molar-refractivity contribution in [3.05, 3.63) is 12.3 Å². The number of hydrogen-bond donors (Lipinski definition) is 0. The minimum atomic E-state index is -2.98. The van der Waals surface area contributed by atoms with Crippen molar-refractivity contribution in [3.8, 4) is 0 Å². The molecule has 71 heavy (non-hydrogen) atoms. The molecule has 2 rings (SSSR count). The van der Waals surface area contributed by atoms with Gasteiger partial charge in [-0.05, 0) is 55.4 Å². The van der Waals surface area contributed by atoms with E-state index in [9.17, 15) is 71.9 Å². The minimum absolute atomic E-state index is 0.428. The van der Waals surface area contributed by atoms with Crippen molar-refractivity contribution in [1.82, 2.24) is 0 Å². The van der Waals surface area contributed by atoms with Gasteiger partial charge in [0, 0.05) is 0 Å². The van der Waals surface area contributed by atoms with Crippen molar-refractivity contribution in [2.24, 2.45) is 5.92 Å². The summed E-state index contributed by atoms with van der Waals surface area (Å²) in [6, 6.07) is 0. The summed E-state index contributed by atoms with van der Waals surface area (Å²) in [5, 5.41) is 0. The summed E-state index contributed by atoms with van der Waals surface area (Å²) in [4.78, 5) is 188. The Balaban J connectivity index is 3.17. The molecule has 392 valence electrons. The van der Waals surface area contributed by atoms with E-state index in [4.69, 9.17) is 52.1 Å². The number of hydrogen-bond acceptors (Lipinski definition) is 26. The summed E-state index contributed by atoms with van der Waals surface area (Å²) in [7, 11) is 0. The molecule has 0 aromatic heterocycles. The smallest absolute Gasteiger partial charge is 0.315 e. The largest absolute Gasteiger partial charge is 0.488 e. The maximum atomic E-state index is 13.5. The van der Waals surface area contributed by atoms with Gasteiger partial charge in [0.05, 0.1) is 18.1 Å². The van der Waals surface area contributed by atoms with E-state index >= 15 is 0 Å². The van der Waals surface area contributed by atoms with Gasteiger partial charge in [0.1, 0.15) is 117 Å². The normalized spacial score (nSPS) is 23.3. The van der Waals surface area contributed by atoms with Gasteiger partial charge in [-0.2, -0.15) is 0 Å². The van der Waals surface area contributed by atoms with E-state index in [1.807, 2.05) is 0 Å². The molecule has 0 bridgehead atoms. The highest BCUT2D eigenvalue weighted by atomic mass is 16.9. The van der Waals surface area contributed by atoms with Crippen molar-refractivity contribution in [3.63, 3.8) is 0 Å². The van der Waals surface area contributed by atoms with Crippen LogP contribution in [0, 0.1) is 5.92 Å². The molecule has 0 radical (unpaired) electrons. The summed E-state index contributed by atoms with van der Waals surface area (Å²) in [6.07, 6.45) is -22.4. The van der Waals surface area contributed by atoms with Crippen LogP contribution in [-0.4, -0.2) is 157 Å². The van der Waals surface area contributed by atoms with Gasteiger partial charge in [-0.25, -0.2) is 0 Å². The zero-order chi connectivity index (χ0) is 53.9. The van der Waals surface area contributed by atoms with Crippen LogP contribution < -0.4 is 0 Å². The predicted molar refractivity (Wildman–Crippen MR) is 226 cm³/mol. The average molecular weight is 1010 g/mol. The van der Waals surface area contributed by atoms with E-state index in [-0.39, 0.29) is 0 Å². The molecule has 0 aromatic rings. The second-order valence-corrected chi connectivity index (χ2v) is 16.6. The van der Waals surface area contributed by atoms with Crippen molar-refractivity contribution in [1.29, 1.82) is 0 Å². The van der Waals surface area contributed by atoms with Gasteiger partial charge in [0.25, 0.3) is 0 Å². The number of carbonyl (C=O) groups excluding carboxylic acids is 15. The Morgan fingerprint density at radius 2 is 0.775 bits per heavy atom. The lowest BCUT2D eigenvalue weighted by atomic mass is 9.96. The minimum Gasteiger partial charge on any atom is -0.488 e. The number of carbonyl (C=O) groups is 15. The van der Waals surface area contributed by atoms with Gasteiger partial charge in [0.15, 0.2) is 24.4 Å². The van der Waals surface area contributed by atoms with Gasteiger partial charge in [-0.1, -0.05) is 6.58 Å². The third kappa shape index (κ3) is 21.3. The zero-order valence-corrected chi connectivity index (χ0v) is 40.2. The van der Waals surface area contributed by atoms with Crippen molar-refractivity contribution in [2.45, 2.75) is 156 Å². The topological polar surface area (TPSA) is 358 Å². The molecule has 0 saturated carbocycles. The first-order valence-corrected chi connectivity index (χ1v) is 21.6. The Labute approximate surface area is 405 Å². The Kier molecular flexibility index (Phi) is 23.8. The maximum absolute atomic E-state index is 13.5. The lowest BCUT2D eigenvalue weighted by Crippen LogP contribution is -2.65. The van der Waals surface area contributed by atoms with Crippen LogP contribution in [0.3, 0.4) is 0 Å². The molecule has 9 atom stereocenters. The lowest BCUT2D eigenvalue weighted by Gasteiger charge is -2.47. The molecular formula is C45H56O26. The Morgan fingerprint density at radius 3 is 1.21 bits per heavy atom. The molecule has 0 amide bonds. The lowest BCUT2D eigenvalue weighted by molar-refractivity contribution is -0.391. The number of ketones is 8. The van der Waals surface area contributed by atoms with Crippen LogP contribution in [0.25, 0.3) is 0 Å². The summed E-state index contributed by atoms with van der Waals surface area (Å²) < 4.78 is 63.0. The van der Waals surface area contributed by atoms with Crippen LogP contribution in [-0.2, 0) is 124 Å². The van der Waals surface area contributed by atoms with E-state index < -0.39 is 220 Å². The molecule has 2 aliphatic heterocycles. The number of esters is 7. The second kappa shape index (κ2) is 28.1. The van der Waals surface area contributed by atoms with Crippen LogP contribution in [0.15, 0.2) is 12.3 Å². The third-order valence-corrected chi connectivity index (χ3v) is 9.22. The highest BCUT2D eigenvalue weighted by Crippen LogP contribution is 2.44. The summed E-state index contributed by atoms with van der Waals surface area (Å²) in [6.45, 7) is 8.57. The van der Waals surface area contributed by atoms with E-state index in [1.54, 1.807) is 0 Å². The first-order chi connectivity index (χ1) is 33.0. The molecule has 0 aromatic carbocycles. The second-order valence-electron chi connectivity index (χ2n) is 16.6. The standard InChI is InChI=1S/C45H56O26/c1-21(46)10-29(9)64-42-30(18-61-32(54)11-22(2)47)43(69-38(60)17-28(8)53)70-45(42,20-63-34(56)13-24(4)49)71-44-41(68-37(59)16-27(7)52)40(67-36(58)15-26(6)51)39(66-35(57)14-25(5)50)31(65-44)19-62-33(55)12-23(3)48/h30-31,39-44H,9-20H2,1-8H3. The number of ether oxygens (including phenoxy) is 11. The van der Waals surface area contributed by atoms with Crippen LogP contribution >= 0.6 is 0 Å². The van der Waals surface area contributed by atoms with Gasteiger partial charge in [-0.15, -0.1) is 0 Å².